The fraction of sp³-hybridized carbons (Fsp3) is 0.316. The summed E-state index contributed by atoms with van der Waals surface area (Å²) < 4.78 is 1.14. The highest BCUT2D eigenvalue weighted by Gasteiger charge is 2.34. The molecule has 134 valence electrons. The summed E-state index contributed by atoms with van der Waals surface area (Å²) in [6, 6.07) is 11.1. The van der Waals surface area contributed by atoms with E-state index in [1.54, 1.807) is 24.3 Å². The summed E-state index contributed by atoms with van der Waals surface area (Å²) in [4.78, 5) is 32.4. The summed E-state index contributed by atoms with van der Waals surface area (Å²) in [5.74, 6) is -0.242. The molecule has 2 atom stereocenters. The number of likely N-dealkylation sites (tertiary alicyclic amines) is 1. The second kappa shape index (κ2) is 7.17. The molecule has 1 fully saturated rings. The Kier molecular flexibility index (Phi) is 4.74. The number of thiophene rings is 1. The molecule has 0 spiro atoms. The van der Waals surface area contributed by atoms with Gasteiger partial charge in [0.25, 0.3) is 5.91 Å². The number of nitrogens with one attached hydrogen (secondary N) is 1. The van der Waals surface area contributed by atoms with Gasteiger partial charge in [0.2, 0.25) is 5.91 Å². The molecule has 5 nitrogen and oxygen atoms in total. The molecule has 0 radical (unpaired) electrons. The van der Waals surface area contributed by atoms with Crippen molar-refractivity contribution in [2.75, 3.05) is 6.54 Å². The molecule has 1 saturated heterocycles. The molecule has 1 aliphatic rings. The first-order chi connectivity index (χ1) is 12.6. The molecular weight excluding hydrogens is 366 g/mol. The van der Waals surface area contributed by atoms with E-state index in [1.165, 1.54) is 11.3 Å². The van der Waals surface area contributed by atoms with Crippen LogP contribution in [-0.4, -0.2) is 34.3 Å². The maximum absolute atomic E-state index is 12.9. The van der Waals surface area contributed by atoms with Gasteiger partial charge < -0.3 is 10.2 Å². The topological polar surface area (TPSA) is 62.3 Å². The number of carbonyl (C=O) groups is 2. The lowest BCUT2D eigenvalue weighted by Crippen LogP contribution is -2.46. The quantitative estimate of drug-likeness (QED) is 0.742. The van der Waals surface area contributed by atoms with Crippen molar-refractivity contribution < 1.29 is 9.59 Å². The van der Waals surface area contributed by atoms with Crippen molar-refractivity contribution in [2.24, 2.45) is 0 Å². The third-order valence-corrected chi connectivity index (χ3v) is 6.60. The van der Waals surface area contributed by atoms with Crippen molar-refractivity contribution in [1.82, 2.24) is 15.2 Å². The fourth-order valence-electron chi connectivity index (χ4n) is 3.31. The van der Waals surface area contributed by atoms with E-state index >= 15 is 0 Å². The van der Waals surface area contributed by atoms with Crippen LogP contribution < -0.4 is 5.32 Å². The lowest BCUT2D eigenvalue weighted by atomic mass is 10.2. The van der Waals surface area contributed by atoms with Gasteiger partial charge in [-0.2, -0.15) is 0 Å². The van der Waals surface area contributed by atoms with Gasteiger partial charge in [-0.25, -0.2) is 4.98 Å². The van der Waals surface area contributed by atoms with Crippen molar-refractivity contribution >= 4 is 44.7 Å². The van der Waals surface area contributed by atoms with E-state index in [0.29, 0.717) is 11.4 Å². The molecule has 4 rings (SSSR count). The van der Waals surface area contributed by atoms with Crippen LogP contribution in [0.5, 0.6) is 0 Å². The normalized spacial score (nSPS) is 18.2. The van der Waals surface area contributed by atoms with Gasteiger partial charge in [-0.15, -0.1) is 22.7 Å². The second-order valence-corrected chi connectivity index (χ2v) is 8.39. The Balaban J connectivity index is 1.50. The van der Waals surface area contributed by atoms with E-state index in [0.717, 1.165) is 28.1 Å². The van der Waals surface area contributed by atoms with Gasteiger partial charge in [-0.05, 0) is 43.3 Å². The summed E-state index contributed by atoms with van der Waals surface area (Å²) in [5.41, 5.74) is 0.978. The highest BCUT2D eigenvalue weighted by atomic mass is 32.1. The molecule has 1 aromatic carbocycles. The molecule has 1 N–H and O–H groups in total. The third-order valence-electron chi connectivity index (χ3n) is 4.59. The SMILES string of the molecule is CC(NC(=O)c1cccs1)C(=O)N1CCCC1c1nc2ccccc2s1. The maximum atomic E-state index is 12.9. The van der Waals surface area contributed by atoms with Gasteiger partial charge in [0.1, 0.15) is 11.0 Å². The van der Waals surface area contributed by atoms with Crippen LogP contribution in [0, 0.1) is 0 Å². The van der Waals surface area contributed by atoms with E-state index < -0.39 is 6.04 Å². The molecule has 2 amide bonds. The average Bonchev–Trinajstić information content (AvgIpc) is 3.40. The molecule has 0 aliphatic carbocycles. The van der Waals surface area contributed by atoms with Crippen molar-refractivity contribution in [2.45, 2.75) is 31.8 Å². The summed E-state index contributed by atoms with van der Waals surface area (Å²) in [6.45, 7) is 2.46. The zero-order valence-corrected chi connectivity index (χ0v) is 16.0. The van der Waals surface area contributed by atoms with Gasteiger partial charge in [-0.3, -0.25) is 9.59 Å². The monoisotopic (exact) mass is 385 g/mol. The van der Waals surface area contributed by atoms with E-state index in [2.05, 4.69) is 11.4 Å². The number of nitrogens with zero attached hydrogens (tertiary/aromatic N) is 2. The zero-order valence-electron chi connectivity index (χ0n) is 14.3. The predicted octanol–water partition coefficient (Wildman–Crippen LogP) is 3.84. The highest BCUT2D eigenvalue weighted by Crippen LogP contribution is 2.36. The number of fused-ring (bicyclic) bond motifs is 1. The van der Waals surface area contributed by atoms with Crippen molar-refractivity contribution in [3.05, 3.63) is 51.7 Å². The Morgan fingerprint density at radius 3 is 2.88 bits per heavy atom. The smallest absolute Gasteiger partial charge is 0.261 e. The van der Waals surface area contributed by atoms with E-state index in [-0.39, 0.29) is 17.9 Å². The molecule has 7 heteroatoms. The van der Waals surface area contributed by atoms with Gasteiger partial charge in [0, 0.05) is 6.54 Å². The molecular formula is C19H19N3O2S2. The van der Waals surface area contributed by atoms with Crippen molar-refractivity contribution in [3.8, 4) is 0 Å². The number of carbonyl (C=O) groups excluding carboxylic acids is 2. The third kappa shape index (κ3) is 3.24. The number of thiazole rings is 1. The maximum Gasteiger partial charge on any atom is 0.261 e. The number of amides is 2. The van der Waals surface area contributed by atoms with Crippen LogP contribution in [0.1, 0.15) is 40.5 Å². The van der Waals surface area contributed by atoms with Gasteiger partial charge in [0.15, 0.2) is 0 Å². The lowest BCUT2D eigenvalue weighted by molar-refractivity contribution is -0.133. The second-order valence-electron chi connectivity index (χ2n) is 6.38. The van der Waals surface area contributed by atoms with Gasteiger partial charge >= 0.3 is 0 Å². The Morgan fingerprint density at radius 1 is 1.27 bits per heavy atom. The molecule has 0 bridgehead atoms. The van der Waals surface area contributed by atoms with Crippen LogP contribution in [0.15, 0.2) is 41.8 Å². The minimum absolute atomic E-state index is 0.000917. The Morgan fingerprint density at radius 2 is 2.12 bits per heavy atom. The largest absolute Gasteiger partial charge is 0.340 e. The highest BCUT2D eigenvalue weighted by molar-refractivity contribution is 7.18. The first-order valence-electron chi connectivity index (χ1n) is 8.64. The van der Waals surface area contributed by atoms with Gasteiger partial charge in [-0.1, -0.05) is 18.2 Å². The van der Waals surface area contributed by atoms with Crippen LogP contribution >= 0.6 is 22.7 Å². The number of benzene rings is 1. The van der Waals surface area contributed by atoms with E-state index in [9.17, 15) is 9.59 Å². The fourth-order valence-corrected chi connectivity index (χ4v) is 5.05. The van der Waals surface area contributed by atoms with Crippen LogP contribution in [0.3, 0.4) is 0 Å². The molecule has 2 aromatic heterocycles. The first-order valence-corrected chi connectivity index (χ1v) is 10.3. The number of hydrogen-bond acceptors (Lipinski definition) is 5. The van der Waals surface area contributed by atoms with Crippen LogP contribution in [0.4, 0.5) is 0 Å². The summed E-state index contributed by atoms with van der Waals surface area (Å²) in [6.07, 6.45) is 1.87. The van der Waals surface area contributed by atoms with Crippen LogP contribution in [0.25, 0.3) is 10.2 Å². The summed E-state index contributed by atoms with van der Waals surface area (Å²) in [5, 5.41) is 5.65. The number of para-hydroxylation sites is 1. The summed E-state index contributed by atoms with van der Waals surface area (Å²) >= 11 is 3.02. The van der Waals surface area contributed by atoms with E-state index in [1.807, 2.05) is 34.5 Å². The number of rotatable bonds is 4. The minimum atomic E-state index is -0.556. The molecule has 26 heavy (non-hydrogen) atoms. The Bertz CT molecular complexity index is 902. The van der Waals surface area contributed by atoms with Crippen LogP contribution in [-0.2, 0) is 4.79 Å². The Labute approximate surface area is 159 Å². The lowest BCUT2D eigenvalue weighted by Gasteiger charge is -2.26. The average molecular weight is 386 g/mol. The predicted molar refractivity (Wildman–Crippen MR) is 105 cm³/mol. The molecule has 3 aromatic rings. The first kappa shape index (κ1) is 17.2. The Hall–Kier alpha value is -2.25. The van der Waals surface area contributed by atoms with Crippen LogP contribution in [0.2, 0.25) is 0 Å². The minimum Gasteiger partial charge on any atom is -0.340 e. The van der Waals surface area contributed by atoms with Crippen molar-refractivity contribution in [1.29, 1.82) is 0 Å². The standard InChI is InChI=1S/C19H19N3O2S2/c1-12(20-17(23)16-9-5-11-25-16)19(24)22-10-4-7-14(22)18-21-13-6-2-3-8-15(13)26-18/h2-3,5-6,8-9,11-12,14H,4,7,10H2,1H3,(H,20,23). The molecule has 2 unspecified atom stereocenters. The molecule has 1 aliphatic heterocycles. The van der Waals surface area contributed by atoms with Gasteiger partial charge in [0.05, 0.1) is 21.1 Å². The number of aromatic nitrogens is 1. The summed E-state index contributed by atoms with van der Waals surface area (Å²) in [7, 11) is 0. The van der Waals surface area contributed by atoms with E-state index in [4.69, 9.17) is 4.98 Å². The van der Waals surface area contributed by atoms with Crippen molar-refractivity contribution in [3.63, 3.8) is 0 Å². The molecule has 0 saturated carbocycles. The molecule has 3 heterocycles. The number of hydrogen-bond donors (Lipinski definition) is 1. The zero-order chi connectivity index (χ0) is 18.1.